The Morgan fingerprint density at radius 3 is 2.11 bits per heavy atom. The lowest BCUT2D eigenvalue weighted by Gasteiger charge is -2.14. The summed E-state index contributed by atoms with van der Waals surface area (Å²) < 4.78 is 7.09. The van der Waals surface area contributed by atoms with Crippen molar-refractivity contribution in [3.8, 4) is 5.75 Å². The van der Waals surface area contributed by atoms with E-state index in [0.29, 0.717) is 24.6 Å². The van der Waals surface area contributed by atoms with Crippen molar-refractivity contribution < 1.29 is 4.74 Å². The van der Waals surface area contributed by atoms with Crippen molar-refractivity contribution in [2.45, 2.75) is 46.3 Å². The maximum Gasteiger partial charge on any atom is 0.226 e. The summed E-state index contributed by atoms with van der Waals surface area (Å²) in [5.41, 5.74) is 8.85. The van der Waals surface area contributed by atoms with Crippen molar-refractivity contribution in [1.82, 2.24) is 24.6 Å². The zero-order chi connectivity index (χ0) is 26.6. The van der Waals surface area contributed by atoms with Crippen LogP contribution in [-0.2, 0) is 19.6 Å². The molecule has 1 saturated heterocycles. The topological polar surface area (TPSA) is 94.1 Å². The van der Waals surface area contributed by atoms with Crippen LogP contribution in [0.5, 0.6) is 5.75 Å². The molecule has 3 heterocycles. The van der Waals surface area contributed by atoms with Gasteiger partial charge in [-0.3, -0.25) is 4.90 Å². The second-order valence-corrected chi connectivity index (χ2v) is 8.72. The number of nitrogens with zero attached hydrogens (tertiary/aromatic N) is 5. The SMILES string of the molecule is CC.CN.COc1ccc(CNc2nc(Cl)nc3c2cnn3Cc2ccc(CN3CCCC3)cc2)cc1. The Morgan fingerprint density at radius 1 is 0.892 bits per heavy atom. The average molecular weight is 524 g/mol. The fraction of sp³-hybridized carbons (Fsp3) is 0.393. The van der Waals surface area contributed by atoms with Crippen LogP contribution in [0.3, 0.4) is 0 Å². The van der Waals surface area contributed by atoms with Gasteiger partial charge in [0, 0.05) is 13.1 Å². The molecular formula is C28H38ClN7O. The maximum atomic E-state index is 6.25. The summed E-state index contributed by atoms with van der Waals surface area (Å²) in [6.07, 6.45) is 4.42. The van der Waals surface area contributed by atoms with Gasteiger partial charge in [-0.15, -0.1) is 0 Å². The number of hydrogen-bond donors (Lipinski definition) is 2. The molecular weight excluding hydrogens is 486 g/mol. The number of nitrogens with one attached hydrogen (secondary N) is 1. The largest absolute Gasteiger partial charge is 0.497 e. The fourth-order valence-electron chi connectivity index (χ4n) is 4.23. The Bertz CT molecular complexity index is 1220. The molecule has 37 heavy (non-hydrogen) atoms. The van der Waals surface area contributed by atoms with Crippen LogP contribution in [0.1, 0.15) is 43.4 Å². The molecule has 4 aromatic rings. The number of anilines is 1. The number of likely N-dealkylation sites (tertiary alicyclic amines) is 1. The molecule has 3 N–H and O–H groups in total. The average Bonchev–Trinajstić information content (AvgIpc) is 3.61. The zero-order valence-electron chi connectivity index (χ0n) is 22.2. The van der Waals surface area contributed by atoms with E-state index < -0.39 is 0 Å². The Balaban J connectivity index is 0.000000907. The fourth-order valence-corrected chi connectivity index (χ4v) is 4.39. The second-order valence-electron chi connectivity index (χ2n) is 8.38. The standard InChI is InChI=1S/C25H27ClN6O.C2H6.CH5N/c1-33-21-10-8-18(9-11-21)14-27-23-22-15-28-32(24(22)30-25(26)29-23)17-20-6-4-19(5-7-20)16-31-12-2-3-13-31;2*1-2/h4-11,15H,2-3,12-14,16-17H2,1H3,(H,27,29,30);1-2H3;2H2,1H3. The Morgan fingerprint density at radius 2 is 1.49 bits per heavy atom. The normalized spacial score (nSPS) is 12.9. The second kappa shape index (κ2) is 14.5. The van der Waals surface area contributed by atoms with E-state index in [-0.39, 0.29) is 5.28 Å². The van der Waals surface area contributed by atoms with Crippen molar-refractivity contribution in [2.24, 2.45) is 5.73 Å². The predicted octanol–water partition coefficient (Wildman–Crippen LogP) is 5.35. The summed E-state index contributed by atoms with van der Waals surface area (Å²) in [6, 6.07) is 16.7. The molecule has 0 unspecified atom stereocenters. The molecule has 0 radical (unpaired) electrons. The van der Waals surface area contributed by atoms with E-state index in [0.717, 1.165) is 23.2 Å². The van der Waals surface area contributed by atoms with E-state index in [1.165, 1.54) is 44.1 Å². The van der Waals surface area contributed by atoms with Gasteiger partial charge in [0.2, 0.25) is 5.28 Å². The number of nitrogens with two attached hydrogens (primary N) is 1. The summed E-state index contributed by atoms with van der Waals surface area (Å²) in [6.45, 7) is 8.67. The van der Waals surface area contributed by atoms with Crippen LogP contribution in [-0.4, -0.2) is 51.9 Å². The first-order chi connectivity index (χ1) is 18.2. The summed E-state index contributed by atoms with van der Waals surface area (Å²) in [5, 5.41) is 8.98. The van der Waals surface area contributed by atoms with Crippen molar-refractivity contribution in [1.29, 1.82) is 0 Å². The van der Waals surface area contributed by atoms with Crippen LogP contribution in [0, 0.1) is 0 Å². The first-order valence-electron chi connectivity index (χ1n) is 12.8. The van der Waals surface area contributed by atoms with Crippen molar-refractivity contribution in [2.75, 3.05) is 32.6 Å². The number of fused-ring (bicyclic) bond motifs is 1. The molecule has 8 nitrogen and oxygen atoms in total. The molecule has 2 aromatic carbocycles. The number of halogens is 1. The van der Waals surface area contributed by atoms with Gasteiger partial charge in [0.1, 0.15) is 11.6 Å². The van der Waals surface area contributed by atoms with Gasteiger partial charge in [-0.1, -0.05) is 50.2 Å². The predicted molar refractivity (Wildman–Crippen MR) is 152 cm³/mol. The minimum Gasteiger partial charge on any atom is -0.497 e. The molecule has 0 spiro atoms. The van der Waals surface area contributed by atoms with E-state index in [2.05, 4.69) is 55.3 Å². The Labute approximate surface area is 224 Å². The van der Waals surface area contributed by atoms with Gasteiger partial charge in [0.25, 0.3) is 0 Å². The van der Waals surface area contributed by atoms with Gasteiger partial charge in [-0.05, 0) is 73.4 Å². The third kappa shape index (κ3) is 7.64. The lowest BCUT2D eigenvalue weighted by molar-refractivity contribution is 0.331. The van der Waals surface area contributed by atoms with Crippen molar-refractivity contribution in [3.63, 3.8) is 0 Å². The molecule has 1 fully saturated rings. The molecule has 9 heteroatoms. The van der Waals surface area contributed by atoms with Crippen LogP contribution < -0.4 is 15.8 Å². The molecule has 0 saturated carbocycles. The maximum absolute atomic E-state index is 6.25. The Kier molecular flexibility index (Phi) is 11.1. The molecule has 2 aromatic heterocycles. The van der Waals surface area contributed by atoms with E-state index in [1.54, 1.807) is 13.3 Å². The van der Waals surface area contributed by atoms with E-state index in [9.17, 15) is 0 Å². The first-order valence-corrected chi connectivity index (χ1v) is 13.2. The molecule has 198 valence electrons. The van der Waals surface area contributed by atoms with Gasteiger partial charge >= 0.3 is 0 Å². The van der Waals surface area contributed by atoms with Crippen molar-refractivity contribution in [3.05, 3.63) is 76.7 Å². The summed E-state index contributed by atoms with van der Waals surface area (Å²) in [4.78, 5) is 11.3. The quantitative estimate of drug-likeness (QED) is 0.301. The zero-order valence-corrected chi connectivity index (χ0v) is 23.0. The highest BCUT2D eigenvalue weighted by Crippen LogP contribution is 2.24. The van der Waals surface area contributed by atoms with E-state index in [4.69, 9.17) is 16.3 Å². The monoisotopic (exact) mass is 523 g/mol. The third-order valence-electron chi connectivity index (χ3n) is 6.05. The lowest BCUT2D eigenvalue weighted by atomic mass is 10.1. The van der Waals surface area contributed by atoms with Crippen LogP contribution in [0.4, 0.5) is 5.82 Å². The highest BCUT2D eigenvalue weighted by Gasteiger charge is 2.14. The minimum atomic E-state index is 0.197. The molecule has 0 aliphatic carbocycles. The van der Waals surface area contributed by atoms with Gasteiger partial charge in [0.05, 0.1) is 25.2 Å². The smallest absolute Gasteiger partial charge is 0.226 e. The third-order valence-corrected chi connectivity index (χ3v) is 6.22. The summed E-state index contributed by atoms with van der Waals surface area (Å²) in [5.74, 6) is 1.50. The van der Waals surface area contributed by atoms with Gasteiger partial charge in [-0.2, -0.15) is 15.1 Å². The lowest BCUT2D eigenvalue weighted by Crippen LogP contribution is -2.18. The van der Waals surface area contributed by atoms with Crippen LogP contribution in [0.15, 0.2) is 54.7 Å². The highest BCUT2D eigenvalue weighted by molar-refractivity contribution is 6.28. The van der Waals surface area contributed by atoms with Gasteiger partial charge in [0.15, 0.2) is 5.65 Å². The van der Waals surface area contributed by atoms with Crippen LogP contribution in [0.25, 0.3) is 11.0 Å². The molecule has 0 atom stereocenters. The molecule has 5 rings (SSSR count). The van der Waals surface area contributed by atoms with Crippen LogP contribution >= 0.6 is 11.6 Å². The summed E-state index contributed by atoms with van der Waals surface area (Å²) in [7, 11) is 3.16. The number of ether oxygens (including phenoxy) is 1. The molecule has 0 amide bonds. The highest BCUT2D eigenvalue weighted by atomic mass is 35.5. The van der Waals surface area contributed by atoms with Gasteiger partial charge in [-0.25, -0.2) is 4.68 Å². The number of methoxy groups -OCH3 is 1. The minimum absolute atomic E-state index is 0.197. The number of aromatic nitrogens is 4. The van der Waals surface area contributed by atoms with Gasteiger partial charge < -0.3 is 15.8 Å². The summed E-state index contributed by atoms with van der Waals surface area (Å²) >= 11 is 6.25. The van der Waals surface area contributed by atoms with E-state index >= 15 is 0 Å². The molecule has 1 aliphatic heterocycles. The van der Waals surface area contributed by atoms with Crippen molar-refractivity contribution >= 4 is 28.5 Å². The first kappa shape index (κ1) is 28.4. The number of benzene rings is 2. The molecule has 1 aliphatic rings. The number of rotatable bonds is 8. The van der Waals surface area contributed by atoms with Crippen LogP contribution in [0.2, 0.25) is 5.28 Å². The number of hydrogen-bond acceptors (Lipinski definition) is 7. The Hall–Kier alpha value is -3.20. The van der Waals surface area contributed by atoms with E-state index in [1.807, 2.05) is 42.8 Å². The molecule has 0 bridgehead atoms.